The summed E-state index contributed by atoms with van der Waals surface area (Å²) in [6.45, 7) is 7.22. The van der Waals surface area contributed by atoms with Crippen LogP contribution in [0.3, 0.4) is 0 Å². The predicted octanol–water partition coefficient (Wildman–Crippen LogP) is 4.82. The Morgan fingerprint density at radius 2 is 1.84 bits per heavy atom. The average molecular weight is 570 g/mol. The van der Waals surface area contributed by atoms with Crippen LogP contribution in [0.15, 0.2) is 63.7 Å². The van der Waals surface area contributed by atoms with Gasteiger partial charge in [0, 0.05) is 5.69 Å². The number of carbonyl (C=O) groups excluding carboxylic acids is 2. The summed E-state index contributed by atoms with van der Waals surface area (Å²) >= 11 is 3.49. The summed E-state index contributed by atoms with van der Waals surface area (Å²) in [6, 6.07) is 12.8. The van der Waals surface area contributed by atoms with E-state index in [1.54, 1.807) is 45.0 Å². The molecule has 1 amide bonds. The molecular formula is C27H28BrN3O6. The molecule has 0 aromatic heterocycles. The van der Waals surface area contributed by atoms with Crippen LogP contribution in [0.4, 0.5) is 5.69 Å². The van der Waals surface area contributed by atoms with Crippen LogP contribution in [0.2, 0.25) is 0 Å². The first-order valence-electron chi connectivity index (χ1n) is 11.6. The Hall–Kier alpha value is -3.97. The fourth-order valence-corrected chi connectivity index (χ4v) is 4.39. The molecule has 0 radical (unpaired) electrons. The van der Waals surface area contributed by atoms with Gasteiger partial charge in [-0.15, -0.1) is 0 Å². The minimum Gasteiger partial charge on any atom is -0.490 e. The number of nitrogens with one attached hydrogen (secondary N) is 1. The Bertz CT molecular complexity index is 1290. The minimum absolute atomic E-state index is 0.0640. The van der Waals surface area contributed by atoms with E-state index in [0.717, 1.165) is 5.56 Å². The van der Waals surface area contributed by atoms with Gasteiger partial charge in [0.1, 0.15) is 17.4 Å². The summed E-state index contributed by atoms with van der Waals surface area (Å²) in [6.07, 6.45) is 0. The largest absolute Gasteiger partial charge is 0.490 e. The molecule has 0 saturated carbocycles. The summed E-state index contributed by atoms with van der Waals surface area (Å²) in [5, 5.41) is 12.6. The number of nitrogens with zero attached hydrogens (tertiary/aromatic N) is 1. The van der Waals surface area contributed by atoms with Crippen molar-refractivity contribution >= 4 is 33.5 Å². The van der Waals surface area contributed by atoms with E-state index in [0.29, 0.717) is 33.8 Å². The van der Waals surface area contributed by atoms with Crippen molar-refractivity contribution in [2.24, 2.45) is 5.73 Å². The van der Waals surface area contributed by atoms with E-state index >= 15 is 0 Å². The molecule has 3 N–H and O–H groups in total. The first kappa shape index (κ1) is 27.6. The zero-order chi connectivity index (χ0) is 27.1. The Labute approximate surface area is 224 Å². The van der Waals surface area contributed by atoms with Gasteiger partial charge in [-0.3, -0.25) is 4.79 Å². The number of anilines is 1. The third-order valence-corrected chi connectivity index (χ3v) is 6.04. The molecule has 2 aromatic carbocycles. The van der Waals surface area contributed by atoms with Crippen molar-refractivity contribution in [3.05, 3.63) is 74.8 Å². The third kappa shape index (κ3) is 6.43. The number of carbonyl (C=O) groups is 2. The van der Waals surface area contributed by atoms with E-state index < -0.39 is 11.9 Å². The van der Waals surface area contributed by atoms with E-state index in [2.05, 4.69) is 21.2 Å². The lowest BCUT2D eigenvalue weighted by Gasteiger charge is -2.27. The minimum atomic E-state index is -0.854. The maximum atomic E-state index is 12.8. The van der Waals surface area contributed by atoms with Crippen LogP contribution in [0.5, 0.6) is 11.5 Å². The monoisotopic (exact) mass is 569 g/mol. The second-order valence-electron chi connectivity index (χ2n) is 8.08. The Morgan fingerprint density at radius 3 is 2.46 bits per heavy atom. The molecule has 37 heavy (non-hydrogen) atoms. The SMILES string of the molecule is CCOC(=O)C1=C(C)OC(N)=C(C#N)C1c1cc(Br)c(OCC(=O)Nc2ccc(C)cc2)c(OCC)c1. The maximum absolute atomic E-state index is 12.8. The van der Waals surface area contributed by atoms with Crippen molar-refractivity contribution in [1.29, 1.82) is 5.26 Å². The number of amides is 1. The van der Waals surface area contributed by atoms with Crippen LogP contribution in [0.1, 0.15) is 37.8 Å². The second kappa shape index (κ2) is 12.3. The molecule has 0 saturated heterocycles. The van der Waals surface area contributed by atoms with Crippen LogP contribution >= 0.6 is 15.9 Å². The van der Waals surface area contributed by atoms with Gasteiger partial charge in [-0.1, -0.05) is 17.7 Å². The van der Waals surface area contributed by atoms with E-state index in [9.17, 15) is 14.9 Å². The maximum Gasteiger partial charge on any atom is 0.338 e. The Kier molecular flexibility index (Phi) is 9.20. The molecule has 1 aliphatic rings. The zero-order valence-electron chi connectivity index (χ0n) is 21.0. The normalized spacial score (nSPS) is 15.0. The van der Waals surface area contributed by atoms with Crippen LogP contribution < -0.4 is 20.5 Å². The number of ether oxygens (including phenoxy) is 4. The molecule has 0 aliphatic carbocycles. The highest BCUT2D eigenvalue weighted by Gasteiger charge is 2.37. The number of hydrogen-bond donors (Lipinski definition) is 2. The van der Waals surface area contributed by atoms with E-state index in [4.69, 9.17) is 24.7 Å². The molecule has 9 nitrogen and oxygen atoms in total. The number of rotatable bonds is 9. The highest BCUT2D eigenvalue weighted by molar-refractivity contribution is 9.10. The van der Waals surface area contributed by atoms with Gasteiger partial charge in [-0.05, 0) is 73.5 Å². The smallest absolute Gasteiger partial charge is 0.338 e. The van der Waals surface area contributed by atoms with E-state index in [1.165, 1.54) is 0 Å². The van der Waals surface area contributed by atoms with Crippen molar-refractivity contribution < 1.29 is 28.5 Å². The molecule has 1 aliphatic heterocycles. The number of nitrogens with two attached hydrogens (primary N) is 1. The number of aryl methyl sites for hydroxylation is 1. The summed E-state index contributed by atoms with van der Waals surface area (Å²) < 4.78 is 22.8. The third-order valence-electron chi connectivity index (χ3n) is 5.45. The topological polar surface area (TPSA) is 133 Å². The van der Waals surface area contributed by atoms with Gasteiger partial charge in [0.05, 0.1) is 29.2 Å². The summed E-state index contributed by atoms with van der Waals surface area (Å²) in [5.74, 6) is -1.07. The van der Waals surface area contributed by atoms with Crippen molar-refractivity contribution in [3.63, 3.8) is 0 Å². The standard InChI is InChI=1S/C27H28BrN3O6/c1-5-34-21-12-17(24-19(13-29)26(30)37-16(4)23(24)27(33)35-6-2)11-20(28)25(21)36-14-22(32)31-18-9-7-15(3)8-10-18/h7-12,24H,5-6,14,30H2,1-4H3,(H,31,32). The molecule has 2 aromatic rings. The Morgan fingerprint density at radius 1 is 1.14 bits per heavy atom. The predicted molar refractivity (Wildman–Crippen MR) is 141 cm³/mol. The molecule has 1 atom stereocenters. The molecule has 1 unspecified atom stereocenters. The number of hydrogen-bond acceptors (Lipinski definition) is 8. The van der Waals surface area contributed by atoms with Crippen LogP contribution in [0, 0.1) is 18.3 Å². The van der Waals surface area contributed by atoms with Gasteiger partial charge in [0.25, 0.3) is 5.91 Å². The number of halogens is 1. The van der Waals surface area contributed by atoms with Crippen molar-refractivity contribution in [2.75, 3.05) is 25.1 Å². The first-order valence-corrected chi connectivity index (χ1v) is 12.4. The average Bonchev–Trinajstić information content (AvgIpc) is 2.84. The van der Waals surface area contributed by atoms with E-state index in [1.807, 2.05) is 25.1 Å². The van der Waals surface area contributed by atoms with E-state index in [-0.39, 0.29) is 41.9 Å². The lowest BCUT2D eigenvalue weighted by molar-refractivity contribution is -0.139. The fraction of sp³-hybridized carbons (Fsp3) is 0.296. The Balaban J connectivity index is 1.95. The highest BCUT2D eigenvalue weighted by atomic mass is 79.9. The summed E-state index contributed by atoms with van der Waals surface area (Å²) in [7, 11) is 0. The quantitative estimate of drug-likeness (QED) is 0.410. The summed E-state index contributed by atoms with van der Waals surface area (Å²) in [5.41, 5.74) is 8.48. The van der Waals surface area contributed by atoms with Crippen LogP contribution in [-0.2, 0) is 19.1 Å². The van der Waals surface area contributed by atoms with Gasteiger partial charge in [0.2, 0.25) is 5.88 Å². The fourth-order valence-electron chi connectivity index (χ4n) is 3.82. The zero-order valence-corrected chi connectivity index (χ0v) is 22.6. The highest BCUT2D eigenvalue weighted by Crippen LogP contribution is 2.45. The molecule has 3 rings (SSSR count). The van der Waals surface area contributed by atoms with Gasteiger partial charge in [0.15, 0.2) is 18.1 Å². The molecule has 0 fully saturated rings. The first-order chi connectivity index (χ1) is 17.7. The van der Waals surface area contributed by atoms with Gasteiger partial charge >= 0.3 is 5.97 Å². The van der Waals surface area contributed by atoms with Crippen LogP contribution in [0.25, 0.3) is 0 Å². The van der Waals surface area contributed by atoms with Gasteiger partial charge in [-0.2, -0.15) is 5.26 Å². The van der Waals surface area contributed by atoms with Crippen molar-refractivity contribution in [3.8, 4) is 17.6 Å². The molecular weight excluding hydrogens is 542 g/mol. The van der Waals surface area contributed by atoms with Crippen molar-refractivity contribution in [2.45, 2.75) is 33.6 Å². The number of nitriles is 1. The number of allylic oxidation sites excluding steroid dienone is 2. The van der Waals surface area contributed by atoms with Crippen molar-refractivity contribution in [1.82, 2.24) is 0 Å². The second-order valence-corrected chi connectivity index (χ2v) is 8.94. The molecule has 0 spiro atoms. The molecule has 10 heteroatoms. The molecule has 194 valence electrons. The molecule has 0 bridgehead atoms. The molecule has 1 heterocycles. The number of esters is 1. The van der Waals surface area contributed by atoms with Crippen LogP contribution in [-0.4, -0.2) is 31.7 Å². The van der Waals surface area contributed by atoms with Gasteiger partial charge in [-0.25, -0.2) is 4.79 Å². The van der Waals surface area contributed by atoms with Gasteiger partial charge < -0.3 is 30.0 Å². The summed E-state index contributed by atoms with van der Waals surface area (Å²) in [4.78, 5) is 25.3. The number of benzene rings is 2. The lowest BCUT2D eigenvalue weighted by atomic mass is 9.83. The lowest BCUT2D eigenvalue weighted by Crippen LogP contribution is -2.25.